The summed E-state index contributed by atoms with van der Waals surface area (Å²) in [5, 5.41) is 3.55. The normalized spacial score (nSPS) is 16.6. The Morgan fingerprint density at radius 3 is 2.54 bits per heavy atom. The highest BCUT2D eigenvalue weighted by Crippen LogP contribution is 2.26. The fourth-order valence-corrected chi connectivity index (χ4v) is 3.69. The van der Waals surface area contributed by atoms with Crippen molar-refractivity contribution in [3.05, 3.63) is 39.2 Å². The highest BCUT2D eigenvalue weighted by atomic mass is 35.5. The van der Waals surface area contributed by atoms with Crippen LogP contribution in [-0.4, -0.2) is 46.9 Å². The van der Waals surface area contributed by atoms with Crippen molar-refractivity contribution in [1.29, 1.82) is 0 Å². The second-order valence-electron chi connectivity index (χ2n) is 7.07. The van der Waals surface area contributed by atoms with Crippen LogP contribution < -0.4 is 0 Å². The van der Waals surface area contributed by atoms with Crippen molar-refractivity contribution in [2.24, 2.45) is 0 Å². The predicted octanol–water partition coefficient (Wildman–Crippen LogP) is 3.65. The van der Waals surface area contributed by atoms with Crippen LogP contribution in [0.2, 0.25) is 5.22 Å². The number of hydrogen-bond donors (Lipinski definition) is 0. The van der Waals surface area contributed by atoms with Gasteiger partial charge >= 0.3 is 0 Å². The molecule has 0 aromatic carbocycles. The van der Waals surface area contributed by atoms with Gasteiger partial charge in [0, 0.05) is 43.5 Å². The van der Waals surface area contributed by atoms with Gasteiger partial charge in [-0.1, -0.05) is 20.8 Å². The zero-order valence-corrected chi connectivity index (χ0v) is 15.8. The van der Waals surface area contributed by atoms with Crippen LogP contribution in [0.15, 0.2) is 21.9 Å². The van der Waals surface area contributed by atoms with Gasteiger partial charge in [0.05, 0.1) is 10.7 Å². The number of piperazine rings is 1. The van der Waals surface area contributed by atoms with E-state index in [1.165, 1.54) is 5.01 Å². The number of aromatic nitrogens is 1. The number of amides is 1. The van der Waals surface area contributed by atoms with Crippen molar-refractivity contribution >= 4 is 28.8 Å². The largest absolute Gasteiger partial charge is 0.440 e. The Balaban J connectivity index is 1.54. The number of rotatable bonds is 3. The number of furan rings is 1. The molecule has 24 heavy (non-hydrogen) atoms. The highest BCUT2D eigenvalue weighted by molar-refractivity contribution is 7.09. The summed E-state index contributed by atoms with van der Waals surface area (Å²) in [7, 11) is 0. The molecule has 7 heteroatoms. The topological polar surface area (TPSA) is 49.6 Å². The number of nitrogens with zero attached hydrogens (tertiary/aromatic N) is 3. The maximum Gasteiger partial charge on any atom is 0.289 e. The molecular formula is C17H22ClN3O2S. The van der Waals surface area contributed by atoms with Gasteiger partial charge in [0.25, 0.3) is 5.91 Å². The summed E-state index contributed by atoms with van der Waals surface area (Å²) in [6, 6.07) is 3.22. The molecule has 3 rings (SSSR count). The summed E-state index contributed by atoms with van der Waals surface area (Å²) in [4.78, 5) is 21.2. The first-order valence-electron chi connectivity index (χ1n) is 8.05. The first-order chi connectivity index (χ1) is 11.3. The third kappa shape index (κ3) is 3.99. The van der Waals surface area contributed by atoms with Crippen molar-refractivity contribution in [2.45, 2.75) is 32.7 Å². The lowest BCUT2D eigenvalue weighted by molar-refractivity contribution is 0.0596. The summed E-state index contributed by atoms with van der Waals surface area (Å²) >= 11 is 7.46. The van der Waals surface area contributed by atoms with E-state index in [0.29, 0.717) is 18.8 Å². The van der Waals surface area contributed by atoms with E-state index >= 15 is 0 Å². The lowest BCUT2D eigenvalue weighted by Crippen LogP contribution is -2.48. The van der Waals surface area contributed by atoms with E-state index in [1.54, 1.807) is 23.5 Å². The molecule has 1 saturated heterocycles. The van der Waals surface area contributed by atoms with Gasteiger partial charge in [-0.15, -0.1) is 11.3 Å². The monoisotopic (exact) mass is 367 g/mol. The second kappa shape index (κ2) is 6.86. The Labute approximate surface area is 151 Å². The Morgan fingerprint density at radius 1 is 1.29 bits per heavy atom. The van der Waals surface area contributed by atoms with Gasteiger partial charge in [-0.3, -0.25) is 9.69 Å². The molecule has 1 fully saturated rings. The average Bonchev–Trinajstić information content (AvgIpc) is 3.16. The van der Waals surface area contributed by atoms with Crippen LogP contribution in [0.4, 0.5) is 0 Å². The van der Waals surface area contributed by atoms with Gasteiger partial charge in [0.1, 0.15) is 0 Å². The van der Waals surface area contributed by atoms with E-state index < -0.39 is 0 Å². The smallest absolute Gasteiger partial charge is 0.289 e. The van der Waals surface area contributed by atoms with Gasteiger partial charge in [-0.2, -0.15) is 0 Å². The summed E-state index contributed by atoms with van der Waals surface area (Å²) in [6.07, 6.45) is 0. The SMILES string of the molecule is CC(C)(C)c1nc(CN2CCN(C(=O)c3ccc(Cl)o3)CC2)cs1. The molecule has 0 bridgehead atoms. The number of thiazole rings is 1. The maximum absolute atomic E-state index is 12.3. The molecule has 0 radical (unpaired) electrons. The van der Waals surface area contributed by atoms with Gasteiger partial charge in [0.2, 0.25) is 0 Å². The first-order valence-corrected chi connectivity index (χ1v) is 9.30. The minimum Gasteiger partial charge on any atom is -0.440 e. The van der Waals surface area contributed by atoms with E-state index in [1.807, 2.05) is 4.90 Å². The van der Waals surface area contributed by atoms with Crippen molar-refractivity contribution in [3.63, 3.8) is 0 Å². The van der Waals surface area contributed by atoms with E-state index in [-0.39, 0.29) is 16.5 Å². The molecule has 5 nitrogen and oxygen atoms in total. The third-order valence-electron chi connectivity index (χ3n) is 4.02. The van der Waals surface area contributed by atoms with Gasteiger partial charge in [-0.05, 0) is 23.7 Å². The maximum atomic E-state index is 12.3. The number of carbonyl (C=O) groups is 1. The molecule has 3 heterocycles. The summed E-state index contributed by atoms with van der Waals surface area (Å²) in [5.41, 5.74) is 1.21. The van der Waals surface area contributed by atoms with E-state index in [4.69, 9.17) is 21.0 Å². The Hall–Kier alpha value is -1.37. The zero-order chi connectivity index (χ0) is 17.3. The van der Waals surface area contributed by atoms with Crippen molar-refractivity contribution in [3.8, 4) is 0 Å². The molecule has 2 aromatic rings. The molecule has 0 aliphatic carbocycles. The number of hydrogen-bond acceptors (Lipinski definition) is 5. The lowest BCUT2D eigenvalue weighted by Gasteiger charge is -2.33. The van der Waals surface area contributed by atoms with Crippen LogP contribution in [0.5, 0.6) is 0 Å². The minimum absolute atomic E-state index is 0.0924. The Bertz CT molecular complexity index is 711. The molecule has 0 saturated carbocycles. The molecule has 0 atom stereocenters. The van der Waals surface area contributed by atoms with E-state index in [0.717, 1.165) is 25.3 Å². The van der Waals surface area contributed by atoms with Crippen molar-refractivity contribution in [1.82, 2.24) is 14.8 Å². The van der Waals surface area contributed by atoms with Crippen LogP contribution in [0, 0.1) is 0 Å². The van der Waals surface area contributed by atoms with Crippen LogP contribution in [0.25, 0.3) is 0 Å². The third-order valence-corrected chi connectivity index (χ3v) is 5.54. The Kier molecular flexibility index (Phi) is 4.99. The molecule has 1 aliphatic heterocycles. The van der Waals surface area contributed by atoms with Gasteiger partial charge < -0.3 is 9.32 Å². The molecular weight excluding hydrogens is 346 g/mol. The molecule has 1 aliphatic rings. The van der Waals surface area contributed by atoms with Crippen LogP contribution in [0.1, 0.15) is 42.0 Å². The fourth-order valence-electron chi connectivity index (χ4n) is 2.65. The molecule has 0 unspecified atom stereocenters. The zero-order valence-electron chi connectivity index (χ0n) is 14.2. The van der Waals surface area contributed by atoms with Crippen LogP contribution in [-0.2, 0) is 12.0 Å². The van der Waals surface area contributed by atoms with Gasteiger partial charge in [-0.25, -0.2) is 4.98 Å². The number of carbonyl (C=O) groups excluding carboxylic acids is 1. The lowest BCUT2D eigenvalue weighted by atomic mass is 9.98. The average molecular weight is 368 g/mol. The molecule has 0 N–H and O–H groups in total. The summed E-state index contributed by atoms with van der Waals surface area (Å²) in [5.74, 6) is 0.216. The van der Waals surface area contributed by atoms with Crippen LogP contribution in [0.3, 0.4) is 0 Å². The quantitative estimate of drug-likeness (QED) is 0.830. The highest BCUT2D eigenvalue weighted by Gasteiger charge is 2.25. The van der Waals surface area contributed by atoms with Gasteiger partial charge in [0.15, 0.2) is 11.0 Å². The molecule has 130 valence electrons. The van der Waals surface area contributed by atoms with E-state index in [2.05, 4.69) is 31.1 Å². The number of halogens is 1. The van der Waals surface area contributed by atoms with Crippen LogP contribution >= 0.6 is 22.9 Å². The van der Waals surface area contributed by atoms with E-state index in [9.17, 15) is 4.79 Å². The molecule has 2 aromatic heterocycles. The summed E-state index contributed by atoms with van der Waals surface area (Å²) in [6.45, 7) is 10.4. The predicted molar refractivity (Wildman–Crippen MR) is 95.7 cm³/mol. The fraction of sp³-hybridized carbons (Fsp3) is 0.529. The minimum atomic E-state index is -0.0924. The second-order valence-corrected chi connectivity index (χ2v) is 8.30. The standard InChI is InChI=1S/C17H22ClN3O2S/c1-17(2,3)16-19-12(11-24-16)10-20-6-8-21(9-7-20)15(22)13-4-5-14(18)23-13/h4-5,11H,6-10H2,1-3H3. The van der Waals surface area contributed by atoms with Crippen molar-refractivity contribution < 1.29 is 9.21 Å². The first kappa shape index (κ1) is 17.5. The Morgan fingerprint density at radius 2 is 2.00 bits per heavy atom. The van der Waals surface area contributed by atoms with Crippen molar-refractivity contribution in [2.75, 3.05) is 26.2 Å². The molecule has 1 amide bonds. The summed E-state index contributed by atoms with van der Waals surface area (Å²) < 4.78 is 5.21. The molecule has 0 spiro atoms.